The van der Waals surface area contributed by atoms with Crippen molar-refractivity contribution < 1.29 is 64.3 Å². The minimum absolute atomic E-state index is 0. The van der Waals surface area contributed by atoms with Gasteiger partial charge in [-0.2, -0.15) is 34.9 Å². The zero-order chi connectivity index (χ0) is 10.4. The average molecular weight is 226 g/mol. The smallest absolute Gasteiger partial charge is 0.254 e. The van der Waals surface area contributed by atoms with Gasteiger partial charge >= 0.3 is 58.9 Å². The van der Waals surface area contributed by atoms with Crippen LogP contribution in [0.3, 0.4) is 0 Å². The van der Waals surface area contributed by atoms with E-state index >= 15 is 0 Å². The number of hydrogen-bond acceptors (Lipinski definition) is 0. The van der Waals surface area contributed by atoms with E-state index in [-0.39, 0.29) is 51.4 Å². The van der Waals surface area contributed by atoms with Gasteiger partial charge in [0.2, 0.25) is 0 Å². The Morgan fingerprint density at radius 2 is 1.29 bits per heavy atom. The third-order valence-electron chi connectivity index (χ3n) is 1.28. The molecule has 0 nitrogen and oxygen atoms in total. The van der Waals surface area contributed by atoms with Crippen molar-refractivity contribution in [2.75, 3.05) is 0 Å². The van der Waals surface area contributed by atoms with Crippen LogP contribution in [0, 0.1) is 26.8 Å². The Bertz CT molecular complexity index is 213. The van der Waals surface area contributed by atoms with Crippen LogP contribution in [0.15, 0.2) is 12.1 Å². The first kappa shape index (κ1) is 17.1. The zero-order valence-electron chi connectivity index (χ0n) is 8.87. The molecule has 0 heterocycles. The Morgan fingerprint density at radius 1 is 1.00 bits per heavy atom. The van der Waals surface area contributed by atoms with E-state index < -0.39 is 7.54 Å². The first-order valence-electron chi connectivity index (χ1n) is 3.81. The van der Waals surface area contributed by atoms with Crippen molar-refractivity contribution in [3.8, 4) is 0 Å². The second kappa shape index (κ2) is 8.97. The fourth-order valence-electron chi connectivity index (χ4n) is 1.11. The molecule has 0 spiro atoms. The van der Waals surface area contributed by atoms with E-state index in [0.717, 1.165) is 0 Å². The predicted molar refractivity (Wildman–Crippen MR) is 48.6 cm³/mol. The molecule has 1 aromatic carbocycles. The summed E-state index contributed by atoms with van der Waals surface area (Å²) in [6, 6.07) is 7.47. The molecule has 0 atom stereocenters. The van der Waals surface area contributed by atoms with E-state index in [1.54, 1.807) is 0 Å². The maximum absolute atomic E-state index is 9.67. The number of rotatable bonds is 0. The molecule has 0 aliphatic heterocycles. The molecule has 72 valence electrons. The molecule has 0 saturated carbocycles. The molecule has 0 aromatic heterocycles. The molecule has 0 aliphatic carbocycles. The van der Waals surface area contributed by atoms with Crippen LogP contribution < -0.4 is 51.4 Å². The van der Waals surface area contributed by atoms with Gasteiger partial charge in [-0.15, -0.1) is 0 Å². The predicted octanol–water partition coefficient (Wildman–Crippen LogP) is 0.296. The van der Waals surface area contributed by atoms with Crippen molar-refractivity contribution >= 4 is 7.54 Å². The molecule has 0 unspecified atom stereocenters. The first-order chi connectivity index (χ1) is 5.91. The van der Waals surface area contributed by atoms with Gasteiger partial charge in [-0.3, -0.25) is 12.9 Å². The van der Waals surface area contributed by atoms with Gasteiger partial charge in [0.15, 0.2) is 0 Å². The summed E-state index contributed by atoms with van der Waals surface area (Å²) in [5.41, 5.74) is 3.78. The molecule has 0 fully saturated rings. The minimum Gasteiger partial charge on any atom is -0.254 e. The first-order valence-corrected chi connectivity index (χ1v) is 3.81. The maximum Gasteiger partial charge on any atom is 1.00 e. The van der Waals surface area contributed by atoms with Gasteiger partial charge in [-0.05, 0) is 0 Å². The van der Waals surface area contributed by atoms with E-state index in [2.05, 4.69) is 39.0 Å². The van der Waals surface area contributed by atoms with Crippen LogP contribution in [0.4, 0.5) is 12.9 Å². The van der Waals surface area contributed by atoms with Gasteiger partial charge in [0.1, 0.15) is 0 Å². The molecule has 14 heavy (non-hydrogen) atoms. The van der Waals surface area contributed by atoms with Crippen molar-refractivity contribution in [1.29, 1.82) is 0 Å². The molecule has 0 radical (unpaired) electrons. The summed E-state index contributed by atoms with van der Waals surface area (Å²) >= 11 is 0. The van der Waals surface area contributed by atoms with Crippen LogP contribution >= 0.6 is 0 Å². The van der Waals surface area contributed by atoms with Gasteiger partial charge in [0, 0.05) is 0 Å². The van der Waals surface area contributed by atoms with E-state index in [1.165, 1.54) is 16.7 Å². The minimum atomic E-state index is -3.67. The second-order valence-electron chi connectivity index (χ2n) is 2.77. The van der Waals surface area contributed by atoms with Crippen molar-refractivity contribution in [1.82, 2.24) is 0 Å². The Balaban J connectivity index is 0. The van der Waals surface area contributed by atoms with Gasteiger partial charge < -0.3 is 0 Å². The van der Waals surface area contributed by atoms with Crippen LogP contribution in [0.2, 0.25) is 0 Å². The van der Waals surface area contributed by atoms with Gasteiger partial charge in [-0.1, -0.05) is 20.8 Å². The summed E-state index contributed by atoms with van der Waals surface area (Å²) in [6.45, 7) is 6.24. The summed E-state index contributed by atoms with van der Waals surface area (Å²) in [5.74, 6) is 0. The quantitative estimate of drug-likeness (QED) is 0.440. The van der Waals surface area contributed by atoms with E-state index in [0.29, 0.717) is 0 Å². The molecule has 0 amide bonds. The normalized spacial score (nSPS) is 8.14. The number of hydrogen-bond donors (Lipinski definition) is 0. The van der Waals surface area contributed by atoms with Crippen molar-refractivity contribution in [2.45, 2.75) is 20.8 Å². The van der Waals surface area contributed by atoms with Crippen LogP contribution in [-0.4, -0.2) is 7.54 Å². The number of halogens is 3. The Morgan fingerprint density at radius 3 is 1.50 bits per heavy atom. The van der Waals surface area contributed by atoms with Gasteiger partial charge in [0.25, 0.3) is 0 Å². The summed E-state index contributed by atoms with van der Waals surface area (Å²) < 4.78 is 29.0. The molecular formula is C9H11BF3K. The Labute approximate surface area is 126 Å². The molecule has 0 aliphatic rings. The van der Waals surface area contributed by atoms with Gasteiger partial charge in [-0.25, -0.2) is 0 Å². The van der Waals surface area contributed by atoms with Crippen LogP contribution in [0.5, 0.6) is 0 Å². The zero-order valence-corrected chi connectivity index (χ0v) is 12.0. The van der Waals surface area contributed by atoms with E-state index in [9.17, 15) is 12.9 Å². The van der Waals surface area contributed by atoms with Crippen LogP contribution in [0.25, 0.3) is 0 Å². The molecule has 0 bridgehead atoms. The third-order valence-corrected chi connectivity index (χ3v) is 1.28. The van der Waals surface area contributed by atoms with Crippen molar-refractivity contribution in [3.05, 3.63) is 34.9 Å². The van der Waals surface area contributed by atoms with Crippen LogP contribution in [0.1, 0.15) is 16.7 Å². The fourth-order valence-corrected chi connectivity index (χ4v) is 1.11. The van der Waals surface area contributed by atoms with Gasteiger partial charge in [0.05, 0.1) is 0 Å². The van der Waals surface area contributed by atoms with E-state index in [1.807, 2.05) is 0 Å². The second-order valence-corrected chi connectivity index (χ2v) is 2.77. The maximum atomic E-state index is 9.67. The molecule has 0 saturated heterocycles. The topological polar surface area (TPSA) is 0 Å². The van der Waals surface area contributed by atoms with E-state index in [4.69, 9.17) is 0 Å². The molecule has 0 N–H and O–H groups in total. The number of benzene rings is 1. The SMILES string of the molecule is Cc1[c-]c(C)cc(C)c1.FB(F)F.[K+]. The number of aryl methyl sites for hydroxylation is 3. The molecule has 1 aromatic rings. The van der Waals surface area contributed by atoms with Crippen molar-refractivity contribution in [3.63, 3.8) is 0 Å². The average Bonchev–Trinajstić information content (AvgIpc) is 1.80. The largest absolute Gasteiger partial charge is 1.00 e. The molecular weight excluding hydrogens is 215 g/mol. The Hall–Kier alpha value is 0.711. The van der Waals surface area contributed by atoms with Crippen LogP contribution in [-0.2, 0) is 0 Å². The summed E-state index contributed by atoms with van der Waals surface area (Å²) in [6.07, 6.45) is 0. The standard InChI is InChI=1S/C9H11.BF3.K/c1-7-4-8(2)6-9(3)5-7;2-1(3)4;/h4-5H,1-3H3;;/q-1;;+1. The summed E-state index contributed by atoms with van der Waals surface area (Å²) in [7, 11) is -3.67. The van der Waals surface area contributed by atoms with Crippen molar-refractivity contribution in [2.24, 2.45) is 0 Å². The summed E-state index contributed by atoms with van der Waals surface area (Å²) in [5, 5.41) is 0. The molecule has 1 rings (SSSR count). The Kier molecular flexibility index (Phi) is 11.0. The molecule has 5 heteroatoms. The fraction of sp³-hybridized carbons (Fsp3) is 0.333. The monoisotopic (exact) mass is 226 g/mol. The summed E-state index contributed by atoms with van der Waals surface area (Å²) in [4.78, 5) is 0. The third kappa shape index (κ3) is 10.8.